The Bertz CT molecular complexity index is 1880. The molecule has 0 amide bonds. The lowest BCUT2D eigenvalue weighted by atomic mass is 9.96. The molecule has 242 valence electrons. The van der Waals surface area contributed by atoms with Crippen LogP contribution in [0.3, 0.4) is 0 Å². The normalized spacial score (nSPS) is 22.4. The number of alkyl halides is 2. The number of ether oxygens (including phenoxy) is 2. The van der Waals surface area contributed by atoms with Crippen molar-refractivity contribution in [1.82, 2.24) is 14.9 Å². The van der Waals surface area contributed by atoms with Gasteiger partial charge < -0.3 is 20.1 Å². The molecule has 7 rings (SSSR count). The van der Waals surface area contributed by atoms with Gasteiger partial charge in [0, 0.05) is 29.5 Å². The Morgan fingerprint density at radius 1 is 1.11 bits per heavy atom. The second-order valence-corrected chi connectivity index (χ2v) is 13.6. The van der Waals surface area contributed by atoms with Crippen molar-refractivity contribution in [2.75, 3.05) is 43.9 Å². The predicted octanol–water partition coefficient (Wildman–Crippen LogP) is 7.39. The number of benzene rings is 2. The minimum Gasteiger partial charge on any atom is -0.489 e. The second-order valence-electron chi connectivity index (χ2n) is 12.2. The fourth-order valence-corrected chi connectivity index (χ4v) is 8.42. The van der Waals surface area contributed by atoms with E-state index in [2.05, 4.69) is 9.88 Å². The number of nitrogens with zero attached hydrogens (tertiary/aromatic N) is 5. The quantitative estimate of drug-likeness (QED) is 0.225. The zero-order chi connectivity index (χ0) is 32.3. The summed E-state index contributed by atoms with van der Waals surface area (Å²) < 4.78 is 73.4. The number of hydrogen-bond acceptors (Lipinski definition) is 9. The molecule has 0 saturated carbocycles. The molecule has 3 atom stereocenters. The van der Waals surface area contributed by atoms with E-state index in [0.717, 1.165) is 30.7 Å². The van der Waals surface area contributed by atoms with Gasteiger partial charge in [-0.2, -0.15) is 15.2 Å². The molecule has 2 bridgehead atoms. The number of likely N-dealkylation sites (N-methyl/N-ethyl adjacent to an activating group) is 1. The summed E-state index contributed by atoms with van der Waals surface area (Å²) >= 11 is 7.82. The van der Waals surface area contributed by atoms with Gasteiger partial charge in [-0.1, -0.05) is 24.1 Å². The van der Waals surface area contributed by atoms with Gasteiger partial charge in [0.1, 0.15) is 40.9 Å². The van der Waals surface area contributed by atoms with E-state index >= 15 is 4.39 Å². The van der Waals surface area contributed by atoms with Crippen molar-refractivity contribution in [2.45, 2.75) is 57.1 Å². The molecule has 46 heavy (non-hydrogen) atoms. The van der Waals surface area contributed by atoms with Crippen molar-refractivity contribution in [1.29, 1.82) is 5.26 Å². The number of nitrogen functional groups attached to an aromatic ring is 1. The van der Waals surface area contributed by atoms with Crippen molar-refractivity contribution in [3.8, 4) is 29.0 Å². The average molecular weight is 675 g/mol. The van der Waals surface area contributed by atoms with Crippen LogP contribution in [0.1, 0.15) is 44.1 Å². The fourth-order valence-electron chi connectivity index (χ4n) is 7.14. The summed E-state index contributed by atoms with van der Waals surface area (Å²) in [6, 6.07) is 4.51. The van der Waals surface area contributed by atoms with Gasteiger partial charge in [0.15, 0.2) is 11.6 Å². The number of anilines is 2. The van der Waals surface area contributed by atoms with Crippen molar-refractivity contribution in [3.05, 3.63) is 34.4 Å². The highest BCUT2D eigenvalue weighted by Crippen LogP contribution is 2.51. The minimum absolute atomic E-state index is 0.00597. The Morgan fingerprint density at radius 2 is 1.91 bits per heavy atom. The summed E-state index contributed by atoms with van der Waals surface area (Å²) in [5.74, 6) is -2.15. The van der Waals surface area contributed by atoms with Crippen LogP contribution in [-0.4, -0.2) is 66.7 Å². The van der Waals surface area contributed by atoms with Crippen LogP contribution in [0.15, 0.2) is 12.1 Å². The third kappa shape index (κ3) is 5.15. The maximum absolute atomic E-state index is 17.1. The summed E-state index contributed by atoms with van der Waals surface area (Å²) in [5, 5.41) is 10.1. The molecule has 3 aliphatic heterocycles. The van der Waals surface area contributed by atoms with E-state index < -0.39 is 24.0 Å². The van der Waals surface area contributed by atoms with E-state index in [9.17, 15) is 18.4 Å². The first-order valence-electron chi connectivity index (χ1n) is 15.3. The molecule has 1 saturated heterocycles. The average Bonchev–Trinajstić information content (AvgIpc) is 3.55. The first kappa shape index (κ1) is 31.0. The van der Waals surface area contributed by atoms with Gasteiger partial charge in [-0.05, 0) is 57.3 Å². The smallest absolute Gasteiger partial charge is 0.319 e. The molecule has 4 aromatic rings. The van der Waals surface area contributed by atoms with E-state index in [4.69, 9.17) is 31.8 Å². The molecule has 2 aromatic heterocycles. The molecule has 2 unspecified atom stereocenters. The molecule has 3 aliphatic rings. The zero-order valence-corrected chi connectivity index (χ0v) is 26.5. The van der Waals surface area contributed by atoms with Gasteiger partial charge in [0.2, 0.25) is 6.43 Å². The number of thiophene rings is 1. The molecule has 0 aliphatic carbocycles. The van der Waals surface area contributed by atoms with Crippen molar-refractivity contribution < 1.29 is 27.0 Å². The highest BCUT2D eigenvalue weighted by atomic mass is 35.5. The Morgan fingerprint density at radius 3 is 2.65 bits per heavy atom. The van der Waals surface area contributed by atoms with Crippen molar-refractivity contribution >= 4 is 54.7 Å². The van der Waals surface area contributed by atoms with Gasteiger partial charge in [0.25, 0.3) is 0 Å². The first-order valence-corrected chi connectivity index (χ1v) is 16.5. The van der Waals surface area contributed by atoms with Crippen molar-refractivity contribution in [2.24, 2.45) is 5.92 Å². The first-order chi connectivity index (χ1) is 22.2. The summed E-state index contributed by atoms with van der Waals surface area (Å²) in [6.45, 7) is 1.11. The molecule has 0 spiro atoms. The van der Waals surface area contributed by atoms with Gasteiger partial charge in [-0.15, -0.1) is 11.3 Å². The van der Waals surface area contributed by atoms with Crippen LogP contribution in [0.4, 0.5) is 28.4 Å². The topological polar surface area (TPSA) is 101 Å². The maximum Gasteiger partial charge on any atom is 0.319 e. The number of likely N-dealkylation sites (tertiary alicyclic amines) is 1. The van der Waals surface area contributed by atoms with Crippen molar-refractivity contribution in [3.63, 3.8) is 0 Å². The Hall–Kier alpha value is -3.60. The van der Waals surface area contributed by atoms with E-state index in [1.54, 1.807) is 4.90 Å². The summed E-state index contributed by atoms with van der Waals surface area (Å²) in [4.78, 5) is 13.2. The molecule has 2 aromatic carbocycles. The monoisotopic (exact) mass is 674 g/mol. The number of hydrogen-bond donors (Lipinski definition) is 1. The fraction of sp³-hybridized carbons (Fsp3) is 0.469. The van der Waals surface area contributed by atoms with Gasteiger partial charge >= 0.3 is 6.01 Å². The van der Waals surface area contributed by atoms with Crippen LogP contribution in [0.25, 0.3) is 32.1 Å². The molecule has 1 fully saturated rings. The lowest BCUT2D eigenvalue weighted by molar-refractivity contribution is 0.0684. The summed E-state index contributed by atoms with van der Waals surface area (Å²) in [7, 11) is 2.02. The molecule has 0 radical (unpaired) electrons. The highest BCUT2D eigenvalue weighted by molar-refractivity contribution is 7.23. The van der Waals surface area contributed by atoms with E-state index in [-0.39, 0.29) is 97.1 Å². The molecule has 2 N–H and O–H groups in total. The van der Waals surface area contributed by atoms with Crippen LogP contribution in [-0.2, 0) is 0 Å². The second kappa shape index (κ2) is 12.2. The number of halogens is 5. The summed E-state index contributed by atoms with van der Waals surface area (Å²) in [5.41, 5.74) is 5.89. The molecular formula is C32H31ClF4N6O2S. The third-order valence-corrected chi connectivity index (χ3v) is 10.8. The van der Waals surface area contributed by atoms with Crippen LogP contribution >= 0.6 is 22.9 Å². The SMILES string of the molecule is CN1CCC[C@H]1C1CCCCC(C(F)F)CN2CCOc3c(Cl)c(-c4ccc(F)c5sc(N)c(C#N)c45)c(F)c4nc(nc2c34)O1. The zero-order valence-electron chi connectivity index (χ0n) is 25.0. The van der Waals surface area contributed by atoms with Crippen LogP contribution in [0.5, 0.6) is 11.8 Å². The van der Waals surface area contributed by atoms with E-state index in [1.807, 2.05) is 13.1 Å². The Labute approximate surface area is 271 Å². The van der Waals surface area contributed by atoms with Crippen LogP contribution < -0.4 is 20.1 Å². The maximum atomic E-state index is 17.1. The standard InChI is InChI=1S/C32H31ClF4N6O2S/c1-42-10-4-6-19(42)20-7-3-2-5-15(29(36)37)14-43-11-12-44-27-23-26(40-32(45-20)41-31(23)43)25(35)22(24(27)33)16-8-9-18(34)28-21(16)17(13-38)30(39)46-28/h8-9,15,19-20,29H,2-7,10-12,14,39H2,1H3/t15?,19-,20?/m0/s1. The largest absolute Gasteiger partial charge is 0.489 e. The lowest BCUT2D eigenvalue weighted by Crippen LogP contribution is -2.41. The van der Waals surface area contributed by atoms with Crippen LogP contribution in [0.2, 0.25) is 5.02 Å². The number of rotatable bonds is 3. The molecule has 14 heteroatoms. The van der Waals surface area contributed by atoms with Gasteiger partial charge in [0.05, 0.1) is 27.2 Å². The predicted molar refractivity (Wildman–Crippen MR) is 170 cm³/mol. The third-order valence-electron chi connectivity index (χ3n) is 9.44. The van der Waals surface area contributed by atoms with E-state index in [1.165, 1.54) is 12.1 Å². The summed E-state index contributed by atoms with van der Waals surface area (Å²) in [6.07, 6.45) is 1.21. The molecule has 5 heterocycles. The Balaban J connectivity index is 1.49. The van der Waals surface area contributed by atoms with Gasteiger partial charge in [-0.3, -0.25) is 4.90 Å². The van der Waals surface area contributed by atoms with E-state index in [0.29, 0.717) is 25.7 Å². The number of fused-ring (bicyclic) bond motifs is 2. The molecular weight excluding hydrogens is 644 g/mol. The number of nitriles is 1. The Kier molecular flexibility index (Phi) is 8.23. The number of aromatic nitrogens is 2. The van der Waals surface area contributed by atoms with Gasteiger partial charge in [-0.25, -0.2) is 17.6 Å². The highest BCUT2D eigenvalue weighted by Gasteiger charge is 2.36. The molecule has 8 nitrogen and oxygen atoms in total. The lowest BCUT2D eigenvalue weighted by Gasteiger charge is -2.31. The van der Waals surface area contributed by atoms with Crippen LogP contribution in [0, 0.1) is 28.9 Å². The minimum atomic E-state index is -2.56. The number of nitrogens with two attached hydrogens (primary N) is 1.